The van der Waals surface area contributed by atoms with Gasteiger partial charge in [-0.25, -0.2) is 4.39 Å². The number of hydrogen-bond acceptors (Lipinski definition) is 2. The van der Waals surface area contributed by atoms with Gasteiger partial charge in [0.05, 0.1) is 16.3 Å². The van der Waals surface area contributed by atoms with Crippen LogP contribution in [0.5, 0.6) is 0 Å². The minimum absolute atomic E-state index is 0.0434. The van der Waals surface area contributed by atoms with Crippen LogP contribution in [0.15, 0.2) is 91.0 Å². The Morgan fingerprint density at radius 2 is 1.26 bits per heavy atom. The normalized spacial score (nSPS) is 10.7. The van der Waals surface area contributed by atoms with Crippen molar-refractivity contribution in [1.29, 1.82) is 0 Å². The molecule has 0 atom stereocenters. The van der Waals surface area contributed by atoms with Crippen molar-refractivity contribution in [2.24, 2.45) is 0 Å². The van der Waals surface area contributed by atoms with Gasteiger partial charge in [-0.15, -0.1) is 0 Å². The minimum atomic E-state index is -0.418. The van der Waals surface area contributed by atoms with Crippen LogP contribution in [0, 0.1) is 15.9 Å². The van der Waals surface area contributed by atoms with Gasteiger partial charge in [0.15, 0.2) is 0 Å². The van der Waals surface area contributed by atoms with Gasteiger partial charge in [0, 0.05) is 17.8 Å². The summed E-state index contributed by atoms with van der Waals surface area (Å²) in [4.78, 5) is 10.5. The molecular formula is C22H15FN2O2. The Morgan fingerprint density at radius 1 is 0.704 bits per heavy atom. The van der Waals surface area contributed by atoms with Crippen LogP contribution in [0.3, 0.4) is 0 Å². The van der Waals surface area contributed by atoms with Gasteiger partial charge in [-0.05, 0) is 59.7 Å². The Labute approximate surface area is 155 Å². The Morgan fingerprint density at radius 3 is 1.81 bits per heavy atom. The molecule has 0 bridgehead atoms. The van der Waals surface area contributed by atoms with Crippen LogP contribution >= 0.6 is 0 Å². The molecule has 0 saturated heterocycles. The molecule has 0 radical (unpaired) electrons. The molecule has 0 N–H and O–H groups in total. The largest absolute Gasteiger partial charge is 0.309 e. The molecule has 0 spiro atoms. The third-order valence-corrected chi connectivity index (χ3v) is 4.41. The highest BCUT2D eigenvalue weighted by Gasteiger charge is 2.14. The van der Waals surface area contributed by atoms with E-state index in [4.69, 9.17) is 0 Å². The van der Waals surface area contributed by atoms with Crippen molar-refractivity contribution in [2.75, 3.05) is 0 Å². The van der Waals surface area contributed by atoms with Crippen molar-refractivity contribution in [3.05, 3.63) is 107 Å². The molecule has 0 aliphatic carbocycles. The second-order valence-corrected chi connectivity index (χ2v) is 6.09. The highest BCUT2D eigenvalue weighted by atomic mass is 19.1. The molecule has 0 aliphatic heterocycles. The summed E-state index contributed by atoms with van der Waals surface area (Å²) in [7, 11) is 0. The number of non-ortho nitro benzene ring substituents is 1. The molecule has 5 heteroatoms. The van der Waals surface area contributed by atoms with E-state index in [1.54, 1.807) is 24.3 Å². The summed E-state index contributed by atoms with van der Waals surface area (Å²) >= 11 is 0. The zero-order valence-electron chi connectivity index (χ0n) is 14.2. The molecule has 0 amide bonds. The number of nitro benzene ring substituents is 1. The second-order valence-electron chi connectivity index (χ2n) is 6.09. The fourth-order valence-corrected chi connectivity index (χ4v) is 3.12. The summed E-state index contributed by atoms with van der Waals surface area (Å²) in [6.45, 7) is 0. The number of hydrogen-bond donors (Lipinski definition) is 0. The summed E-state index contributed by atoms with van der Waals surface area (Å²) < 4.78 is 15.4. The molecule has 1 aromatic heterocycles. The predicted octanol–water partition coefficient (Wildman–Crippen LogP) is 5.86. The molecule has 27 heavy (non-hydrogen) atoms. The van der Waals surface area contributed by atoms with E-state index in [0.717, 1.165) is 28.2 Å². The van der Waals surface area contributed by atoms with E-state index in [9.17, 15) is 14.5 Å². The van der Waals surface area contributed by atoms with Crippen LogP contribution in [-0.2, 0) is 0 Å². The van der Waals surface area contributed by atoms with Crippen molar-refractivity contribution in [2.45, 2.75) is 0 Å². The van der Waals surface area contributed by atoms with Gasteiger partial charge in [-0.2, -0.15) is 0 Å². The molecule has 0 fully saturated rings. The number of rotatable bonds is 4. The monoisotopic (exact) mass is 358 g/mol. The molecule has 3 aromatic carbocycles. The highest BCUT2D eigenvalue weighted by molar-refractivity contribution is 5.73. The first-order chi connectivity index (χ1) is 13.1. The van der Waals surface area contributed by atoms with Crippen LogP contribution in [0.4, 0.5) is 10.1 Å². The quantitative estimate of drug-likeness (QED) is 0.339. The smallest absolute Gasteiger partial charge is 0.269 e. The standard InChI is InChI=1S/C22H15FN2O2/c23-18-8-12-19(13-9-18)24-21(16-4-2-1-3-5-16)14-15-22(24)17-6-10-20(11-7-17)25(26)27/h1-15H. The van der Waals surface area contributed by atoms with Gasteiger partial charge in [-0.1, -0.05) is 30.3 Å². The lowest BCUT2D eigenvalue weighted by atomic mass is 10.1. The van der Waals surface area contributed by atoms with Crippen LogP contribution in [0.2, 0.25) is 0 Å². The van der Waals surface area contributed by atoms with Crippen molar-refractivity contribution in [1.82, 2.24) is 4.57 Å². The van der Waals surface area contributed by atoms with Crippen LogP contribution < -0.4 is 0 Å². The summed E-state index contributed by atoms with van der Waals surface area (Å²) in [6.07, 6.45) is 0. The molecule has 0 unspecified atom stereocenters. The van der Waals surface area contributed by atoms with Gasteiger partial charge in [0.25, 0.3) is 5.69 Å². The fourth-order valence-electron chi connectivity index (χ4n) is 3.12. The number of halogens is 1. The Bertz CT molecular complexity index is 1090. The first kappa shape index (κ1) is 16.7. The zero-order chi connectivity index (χ0) is 18.8. The fraction of sp³-hybridized carbons (Fsp3) is 0. The van der Waals surface area contributed by atoms with Gasteiger partial charge in [-0.3, -0.25) is 10.1 Å². The average Bonchev–Trinajstić information content (AvgIpc) is 3.14. The van der Waals surface area contributed by atoms with Crippen LogP contribution in [-0.4, -0.2) is 9.49 Å². The lowest BCUT2D eigenvalue weighted by Crippen LogP contribution is -1.99. The number of nitro groups is 1. The number of aromatic nitrogens is 1. The molecule has 4 rings (SSSR count). The molecule has 1 heterocycles. The third-order valence-electron chi connectivity index (χ3n) is 4.41. The predicted molar refractivity (Wildman–Crippen MR) is 103 cm³/mol. The summed E-state index contributed by atoms with van der Waals surface area (Å²) in [6, 6.07) is 26.5. The lowest BCUT2D eigenvalue weighted by molar-refractivity contribution is -0.384. The number of nitrogens with zero attached hydrogens (tertiary/aromatic N) is 2. The molecule has 0 saturated carbocycles. The topological polar surface area (TPSA) is 48.1 Å². The first-order valence-corrected chi connectivity index (χ1v) is 8.41. The molecule has 132 valence electrons. The molecular weight excluding hydrogens is 343 g/mol. The van der Waals surface area contributed by atoms with Gasteiger partial charge < -0.3 is 4.57 Å². The SMILES string of the molecule is O=[N+]([O-])c1ccc(-c2ccc(-c3ccccc3)n2-c2ccc(F)cc2)cc1. The van der Waals surface area contributed by atoms with Gasteiger partial charge in [0.1, 0.15) is 5.82 Å². The number of benzene rings is 3. The maximum Gasteiger partial charge on any atom is 0.269 e. The van der Waals surface area contributed by atoms with Crippen molar-refractivity contribution in [3.63, 3.8) is 0 Å². The maximum absolute atomic E-state index is 13.4. The van der Waals surface area contributed by atoms with E-state index in [-0.39, 0.29) is 11.5 Å². The van der Waals surface area contributed by atoms with Gasteiger partial charge in [0.2, 0.25) is 0 Å². The minimum Gasteiger partial charge on any atom is -0.309 e. The maximum atomic E-state index is 13.4. The van der Waals surface area contributed by atoms with Gasteiger partial charge >= 0.3 is 0 Å². The van der Waals surface area contributed by atoms with E-state index in [0.29, 0.717) is 0 Å². The Hall–Kier alpha value is -3.73. The summed E-state index contributed by atoms with van der Waals surface area (Å²) in [5.41, 5.74) is 4.54. The average molecular weight is 358 g/mol. The van der Waals surface area contributed by atoms with E-state index >= 15 is 0 Å². The van der Waals surface area contributed by atoms with Crippen molar-refractivity contribution < 1.29 is 9.31 Å². The van der Waals surface area contributed by atoms with Crippen molar-refractivity contribution in [3.8, 4) is 28.2 Å². The molecule has 4 nitrogen and oxygen atoms in total. The van der Waals surface area contributed by atoms with E-state index < -0.39 is 4.92 Å². The lowest BCUT2D eigenvalue weighted by Gasteiger charge is -2.14. The Balaban J connectivity index is 1.90. The van der Waals surface area contributed by atoms with E-state index in [1.165, 1.54) is 24.3 Å². The van der Waals surface area contributed by atoms with Crippen molar-refractivity contribution >= 4 is 5.69 Å². The second kappa shape index (κ2) is 6.88. The summed E-state index contributed by atoms with van der Waals surface area (Å²) in [5, 5.41) is 10.9. The van der Waals surface area contributed by atoms with E-state index in [1.807, 2.05) is 47.0 Å². The molecule has 4 aromatic rings. The molecule has 0 aliphatic rings. The highest BCUT2D eigenvalue weighted by Crippen LogP contribution is 2.33. The zero-order valence-corrected chi connectivity index (χ0v) is 14.2. The van der Waals surface area contributed by atoms with Crippen LogP contribution in [0.25, 0.3) is 28.2 Å². The first-order valence-electron chi connectivity index (χ1n) is 8.41. The summed E-state index contributed by atoms with van der Waals surface area (Å²) in [5.74, 6) is -0.302. The third kappa shape index (κ3) is 3.22. The van der Waals surface area contributed by atoms with Crippen LogP contribution in [0.1, 0.15) is 0 Å². The Kier molecular flexibility index (Phi) is 4.26. The van der Waals surface area contributed by atoms with E-state index in [2.05, 4.69) is 0 Å².